The fraction of sp³-hybridized carbons (Fsp3) is 0.529. The fourth-order valence-electron chi connectivity index (χ4n) is 2.63. The van der Waals surface area contributed by atoms with Crippen LogP contribution in [0.5, 0.6) is 5.75 Å². The Kier molecular flexibility index (Phi) is 6.40. The molecule has 1 atom stereocenters. The second kappa shape index (κ2) is 8.53. The van der Waals surface area contributed by atoms with Gasteiger partial charge in [-0.15, -0.1) is 0 Å². The van der Waals surface area contributed by atoms with Gasteiger partial charge < -0.3 is 15.2 Å². The summed E-state index contributed by atoms with van der Waals surface area (Å²) in [5, 5.41) is 11.8. The van der Waals surface area contributed by atoms with Crippen LogP contribution in [0.25, 0.3) is 0 Å². The molecule has 1 saturated heterocycles. The highest BCUT2D eigenvalue weighted by Crippen LogP contribution is 2.15. The van der Waals surface area contributed by atoms with Crippen LogP contribution in [-0.4, -0.2) is 54.7 Å². The summed E-state index contributed by atoms with van der Waals surface area (Å²) >= 11 is 0. The summed E-state index contributed by atoms with van der Waals surface area (Å²) < 4.78 is 5.62. The molecule has 1 aliphatic heterocycles. The monoisotopic (exact) mass is 320 g/mol. The van der Waals surface area contributed by atoms with Gasteiger partial charge in [-0.2, -0.15) is 0 Å². The van der Waals surface area contributed by atoms with Crippen molar-refractivity contribution in [2.45, 2.75) is 19.8 Å². The first kappa shape index (κ1) is 17.3. The molecule has 1 unspecified atom stereocenters. The summed E-state index contributed by atoms with van der Waals surface area (Å²) in [5.41, 5.74) is 1.15. The zero-order valence-corrected chi connectivity index (χ0v) is 13.5. The number of hydrogen-bond donors (Lipinski definition) is 2. The molecule has 0 radical (unpaired) electrons. The van der Waals surface area contributed by atoms with Gasteiger partial charge in [0.05, 0.1) is 19.1 Å². The number of nitrogens with one attached hydrogen (secondary N) is 1. The van der Waals surface area contributed by atoms with Crippen LogP contribution in [-0.2, 0) is 9.59 Å². The van der Waals surface area contributed by atoms with Crippen LogP contribution >= 0.6 is 0 Å². The minimum atomic E-state index is -0.777. The van der Waals surface area contributed by atoms with Crippen LogP contribution in [0.3, 0.4) is 0 Å². The third-order valence-corrected chi connectivity index (χ3v) is 3.89. The van der Waals surface area contributed by atoms with Crippen LogP contribution in [0, 0.1) is 12.8 Å². The lowest BCUT2D eigenvalue weighted by Crippen LogP contribution is -2.37. The maximum Gasteiger partial charge on any atom is 0.307 e. The van der Waals surface area contributed by atoms with E-state index in [0.29, 0.717) is 32.7 Å². The molecule has 1 aromatic rings. The Morgan fingerprint density at radius 2 is 2.26 bits per heavy atom. The fourth-order valence-corrected chi connectivity index (χ4v) is 2.63. The average molecular weight is 320 g/mol. The van der Waals surface area contributed by atoms with Gasteiger partial charge in [0.2, 0.25) is 5.91 Å². The van der Waals surface area contributed by atoms with Gasteiger partial charge in [0.25, 0.3) is 0 Å². The molecule has 0 aromatic heterocycles. The van der Waals surface area contributed by atoms with Crippen molar-refractivity contribution in [3.8, 4) is 5.75 Å². The molecule has 0 aliphatic carbocycles. The molecule has 0 spiro atoms. The Morgan fingerprint density at radius 1 is 1.43 bits per heavy atom. The number of nitrogens with zero attached hydrogens (tertiary/aromatic N) is 1. The Balaban J connectivity index is 1.56. The molecule has 6 heteroatoms. The lowest BCUT2D eigenvalue weighted by molar-refractivity contribution is -0.141. The van der Waals surface area contributed by atoms with E-state index in [4.69, 9.17) is 9.84 Å². The van der Waals surface area contributed by atoms with E-state index in [9.17, 15) is 9.59 Å². The van der Waals surface area contributed by atoms with Crippen molar-refractivity contribution in [2.75, 3.05) is 32.8 Å². The number of carbonyl (C=O) groups is 2. The molecular formula is C17H24N2O4. The van der Waals surface area contributed by atoms with Gasteiger partial charge in [0.1, 0.15) is 5.75 Å². The predicted octanol–water partition coefficient (Wildman–Crippen LogP) is 1.29. The van der Waals surface area contributed by atoms with Gasteiger partial charge in [-0.25, -0.2) is 0 Å². The second-order valence-electron chi connectivity index (χ2n) is 5.93. The van der Waals surface area contributed by atoms with Crippen LogP contribution in [0.2, 0.25) is 0 Å². The van der Waals surface area contributed by atoms with Crippen molar-refractivity contribution < 1.29 is 19.4 Å². The summed E-state index contributed by atoms with van der Waals surface area (Å²) in [7, 11) is 0. The van der Waals surface area contributed by atoms with E-state index < -0.39 is 5.97 Å². The topological polar surface area (TPSA) is 78.9 Å². The molecule has 23 heavy (non-hydrogen) atoms. The maximum absolute atomic E-state index is 11.8. The number of hydrogen-bond acceptors (Lipinski definition) is 4. The van der Waals surface area contributed by atoms with E-state index in [0.717, 1.165) is 17.7 Å². The summed E-state index contributed by atoms with van der Waals surface area (Å²) in [6.07, 6.45) is 1.35. The van der Waals surface area contributed by atoms with Crippen molar-refractivity contribution in [3.05, 3.63) is 29.8 Å². The normalized spacial score (nSPS) is 17.9. The molecular weight excluding hydrogens is 296 g/mol. The van der Waals surface area contributed by atoms with Gasteiger partial charge >= 0.3 is 5.97 Å². The van der Waals surface area contributed by atoms with Gasteiger partial charge in [0.15, 0.2) is 0 Å². The van der Waals surface area contributed by atoms with E-state index in [1.54, 1.807) is 0 Å². The number of rotatable bonds is 8. The second-order valence-corrected chi connectivity index (χ2v) is 5.93. The first-order chi connectivity index (χ1) is 11.0. The Morgan fingerprint density at radius 3 is 2.96 bits per heavy atom. The first-order valence-corrected chi connectivity index (χ1v) is 7.96. The molecule has 6 nitrogen and oxygen atoms in total. The lowest BCUT2D eigenvalue weighted by atomic mass is 10.1. The molecule has 2 rings (SSSR count). The van der Waals surface area contributed by atoms with Crippen molar-refractivity contribution in [2.24, 2.45) is 5.92 Å². The smallest absolute Gasteiger partial charge is 0.307 e. The van der Waals surface area contributed by atoms with Crippen LogP contribution in [0.1, 0.15) is 18.4 Å². The zero-order chi connectivity index (χ0) is 16.7. The van der Waals surface area contributed by atoms with E-state index in [1.165, 1.54) is 0 Å². The molecule has 1 fully saturated rings. The highest BCUT2D eigenvalue weighted by Gasteiger charge is 2.28. The van der Waals surface area contributed by atoms with E-state index in [2.05, 4.69) is 5.32 Å². The van der Waals surface area contributed by atoms with E-state index >= 15 is 0 Å². The van der Waals surface area contributed by atoms with Crippen molar-refractivity contribution in [3.63, 3.8) is 0 Å². The molecule has 0 saturated carbocycles. The molecule has 1 aliphatic rings. The zero-order valence-electron chi connectivity index (χ0n) is 13.5. The number of carboxylic acids is 1. The highest BCUT2D eigenvalue weighted by molar-refractivity contribution is 5.78. The quantitative estimate of drug-likeness (QED) is 0.706. The van der Waals surface area contributed by atoms with E-state index in [1.807, 2.05) is 36.1 Å². The third kappa shape index (κ3) is 5.90. The van der Waals surface area contributed by atoms with E-state index in [-0.39, 0.29) is 18.4 Å². The third-order valence-electron chi connectivity index (χ3n) is 3.89. The van der Waals surface area contributed by atoms with Crippen LogP contribution in [0.15, 0.2) is 24.3 Å². The molecule has 1 heterocycles. The van der Waals surface area contributed by atoms with Crippen molar-refractivity contribution in [1.82, 2.24) is 10.2 Å². The predicted molar refractivity (Wildman–Crippen MR) is 86.5 cm³/mol. The Bertz CT molecular complexity index is 547. The van der Waals surface area contributed by atoms with Gasteiger partial charge in [0, 0.05) is 13.1 Å². The van der Waals surface area contributed by atoms with Crippen LogP contribution < -0.4 is 10.1 Å². The molecule has 1 aromatic carbocycles. The number of likely N-dealkylation sites (tertiary alicyclic amines) is 1. The molecule has 2 N–H and O–H groups in total. The number of aliphatic carboxylic acids is 1. The maximum atomic E-state index is 11.8. The molecule has 1 amide bonds. The summed E-state index contributed by atoms with van der Waals surface area (Å²) in [4.78, 5) is 24.6. The first-order valence-electron chi connectivity index (χ1n) is 7.96. The molecule has 126 valence electrons. The largest absolute Gasteiger partial charge is 0.494 e. The number of carboxylic acid groups (broad SMARTS) is 1. The molecule has 0 bridgehead atoms. The number of benzene rings is 1. The van der Waals surface area contributed by atoms with Crippen molar-refractivity contribution >= 4 is 11.9 Å². The average Bonchev–Trinajstić information content (AvgIpc) is 2.95. The highest BCUT2D eigenvalue weighted by atomic mass is 16.5. The Labute approximate surface area is 136 Å². The number of amides is 1. The number of aryl methyl sites for hydroxylation is 1. The summed E-state index contributed by atoms with van der Waals surface area (Å²) in [5.74, 6) is -0.341. The van der Waals surface area contributed by atoms with Crippen molar-refractivity contribution in [1.29, 1.82) is 0 Å². The van der Waals surface area contributed by atoms with Gasteiger partial charge in [-0.05, 0) is 44.0 Å². The van der Waals surface area contributed by atoms with Gasteiger partial charge in [-0.1, -0.05) is 12.1 Å². The number of carbonyl (C=O) groups excluding carboxylic acids is 1. The minimum Gasteiger partial charge on any atom is -0.494 e. The SMILES string of the molecule is Cc1cccc(OCCCNC(=O)CN2CCC(C(=O)O)C2)c1. The Hall–Kier alpha value is -2.08. The number of ether oxygens (including phenoxy) is 1. The summed E-state index contributed by atoms with van der Waals surface area (Å²) in [6, 6.07) is 7.86. The minimum absolute atomic E-state index is 0.0633. The summed E-state index contributed by atoms with van der Waals surface area (Å²) in [6.45, 7) is 4.51. The van der Waals surface area contributed by atoms with Crippen LogP contribution in [0.4, 0.5) is 0 Å². The lowest BCUT2D eigenvalue weighted by Gasteiger charge is -2.14. The standard InChI is InChI=1S/C17H24N2O4/c1-13-4-2-5-15(10-13)23-9-3-7-18-16(20)12-19-8-6-14(11-19)17(21)22/h2,4-5,10,14H,3,6-9,11-12H2,1H3,(H,18,20)(H,21,22). The van der Waals surface area contributed by atoms with Gasteiger partial charge in [-0.3, -0.25) is 14.5 Å².